The van der Waals surface area contributed by atoms with E-state index in [1.54, 1.807) is 7.05 Å². The van der Waals surface area contributed by atoms with E-state index < -0.39 is 0 Å². The molecule has 1 atom stereocenters. The van der Waals surface area contributed by atoms with E-state index in [1.165, 1.54) is 5.39 Å². The smallest absolute Gasteiger partial charge is 0.251 e. The molecule has 2 heterocycles. The van der Waals surface area contributed by atoms with Crippen LogP contribution in [0, 0.1) is 13.8 Å². The number of hydrogen-bond acceptors (Lipinski definition) is 4. The van der Waals surface area contributed by atoms with Crippen molar-refractivity contribution in [3.63, 3.8) is 0 Å². The van der Waals surface area contributed by atoms with Crippen molar-refractivity contribution in [3.05, 3.63) is 102 Å². The molecule has 0 aliphatic heterocycles. The Kier molecular flexibility index (Phi) is 8.58. The highest BCUT2D eigenvalue weighted by Gasteiger charge is 2.20. The minimum atomic E-state index is -0.311. The average Bonchev–Trinajstić information content (AvgIpc) is 3.62. The summed E-state index contributed by atoms with van der Waals surface area (Å²) in [6, 6.07) is 23.8. The number of nitrogens with zero attached hydrogens (tertiary/aromatic N) is 3. The van der Waals surface area contributed by atoms with Crippen molar-refractivity contribution in [3.8, 4) is 16.9 Å². The van der Waals surface area contributed by atoms with E-state index in [4.69, 9.17) is 4.98 Å². The summed E-state index contributed by atoms with van der Waals surface area (Å²) in [5, 5.41) is 12.8. The molecule has 0 aliphatic carbocycles. The van der Waals surface area contributed by atoms with E-state index in [-0.39, 0.29) is 17.9 Å². The first-order chi connectivity index (χ1) is 19.9. The second kappa shape index (κ2) is 12.6. The molecule has 2 aromatic heterocycles. The molecule has 5 aromatic rings. The Morgan fingerprint density at radius 1 is 0.927 bits per heavy atom. The lowest BCUT2D eigenvalue weighted by atomic mass is 10.0. The molecule has 0 bridgehead atoms. The van der Waals surface area contributed by atoms with Crippen LogP contribution in [0.15, 0.2) is 79.0 Å². The van der Waals surface area contributed by atoms with Crippen LogP contribution in [0.4, 0.5) is 0 Å². The van der Waals surface area contributed by atoms with E-state index in [0.29, 0.717) is 24.2 Å². The molecule has 41 heavy (non-hydrogen) atoms. The number of carbonyl (C=O) groups excluding carboxylic acids is 2. The molecule has 0 fully saturated rings. The Morgan fingerprint density at radius 2 is 1.76 bits per heavy atom. The first-order valence-electron chi connectivity index (χ1n) is 14.1. The molecule has 1 unspecified atom stereocenters. The first-order valence-corrected chi connectivity index (χ1v) is 14.1. The number of aromatic nitrogens is 4. The number of nitrogens with one attached hydrogen (secondary N) is 3. The summed E-state index contributed by atoms with van der Waals surface area (Å²) in [7, 11) is 1.65. The fourth-order valence-electron chi connectivity index (χ4n) is 5.14. The van der Waals surface area contributed by atoms with Gasteiger partial charge in [-0.1, -0.05) is 55.3 Å². The molecule has 3 N–H and O–H groups in total. The van der Waals surface area contributed by atoms with E-state index in [0.717, 1.165) is 53.0 Å². The van der Waals surface area contributed by atoms with E-state index >= 15 is 0 Å². The molecular formula is C33H36N6O2. The highest BCUT2D eigenvalue weighted by Crippen LogP contribution is 2.26. The van der Waals surface area contributed by atoms with Crippen molar-refractivity contribution in [2.45, 2.75) is 52.0 Å². The van der Waals surface area contributed by atoms with Crippen molar-refractivity contribution >= 4 is 22.6 Å². The van der Waals surface area contributed by atoms with Crippen molar-refractivity contribution in [2.24, 2.45) is 0 Å². The number of imidazole rings is 1. The summed E-state index contributed by atoms with van der Waals surface area (Å²) in [5.74, 6) is 0.582. The van der Waals surface area contributed by atoms with Gasteiger partial charge in [0.2, 0.25) is 5.91 Å². The van der Waals surface area contributed by atoms with Gasteiger partial charge < -0.3 is 15.6 Å². The maximum absolute atomic E-state index is 13.5. The Labute approximate surface area is 240 Å². The lowest BCUT2D eigenvalue weighted by Gasteiger charge is -2.17. The van der Waals surface area contributed by atoms with Crippen LogP contribution in [0.3, 0.4) is 0 Å². The van der Waals surface area contributed by atoms with Crippen molar-refractivity contribution < 1.29 is 9.59 Å². The number of benzene rings is 3. The Balaban J connectivity index is 1.35. The van der Waals surface area contributed by atoms with Gasteiger partial charge in [0.1, 0.15) is 5.82 Å². The molecule has 2 amide bonds. The summed E-state index contributed by atoms with van der Waals surface area (Å²) in [5.41, 5.74) is 5.26. The van der Waals surface area contributed by atoms with Gasteiger partial charge in [0.15, 0.2) is 0 Å². The Bertz CT molecular complexity index is 1670. The Hall–Kier alpha value is -4.72. The molecular weight excluding hydrogens is 512 g/mol. The van der Waals surface area contributed by atoms with Gasteiger partial charge in [-0.3, -0.25) is 9.59 Å². The van der Waals surface area contributed by atoms with Crippen LogP contribution in [0.1, 0.15) is 65.7 Å². The van der Waals surface area contributed by atoms with Crippen LogP contribution in [0.25, 0.3) is 27.7 Å². The van der Waals surface area contributed by atoms with Crippen molar-refractivity contribution in [1.82, 2.24) is 30.4 Å². The largest absolute Gasteiger partial charge is 0.359 e. The van der Waals surface area contributed by atoms with Crippen LogP contribution >= 0.6 is 0 Å². The number of amides is 2. The molecule has 0 radical (unpaired) electrons. The van der Waals surface area contributed by atoms with Gasteiger partial charge in [0.25, 0.3) is 5.91 Å². The zero-order valence-corrected chi connectivity index (χ0v) is 23.8. The minimum Gasteiger partial charge on any atom is -0.359 e. The molecule has 0 aliphatic rings. The highest BCUT2D eigenvalue weighted by atomic mass is 16.2. The maximum Gasteiger partial charge on any atom is 0.251 e. The lowest BCUT2D eigenvalue weighted by molar-refractivity contribution is -0.120. The van der Waals surface area contributed by atoms with Crippen molar-refractivity contribution in [2.75, 3.05) is 7.05 Å². The summed E-state index contributed by atoms with van der Waals surface area (Å²) < 4.78 is 1.85. The number of rotatable bonds is 11. The van der Waals surface area contributed by atoms with Gasteiger partial charge in [-0.15, -0.1) is 0 Å². The normalized spacial score (nSPS) is 11.9. The molecule has 3 aromatic carbocycles. The summed E-state index contributed by atoms with van der Waals surface area (Å²) in [4.78, 5) is 33.3. The summed E-state index contributed by atoms with van der Waals surface area (Å²) in [6.45, 7) is 3.95. The quantitative estimate of drug-likeness (QED) is 0.171. The molecule has 0 saturated carbocycles. The number of aromatic amines is 1. The van der Waals surface area contributed by atoms with Gasteiger partial charge in [0, 0.05) is 30.3 Å². The third kappa shape index (κ3) is 6.72. The zero-order chi connectivity index (χ0) is 28.8. The van der Waals surface area contributed by atoms with Gasteiger partial charge in [0.05, 0.1) is 29.3 Å². The van der Waals surface area contributed by atoms with Crippen LogP contribution in [0.5, 0.6) is 0 Å². The SMILES string of the molecule is CNC(=O)CCCCCC(NC(=O)c1cccc(-n2nc(C)cc2C)c1)c1ncc(-c2ccc3ccccc3c2)[nH]1. The number of unbranched alkanes of at least 4 members (excludes halogenated alkanes) is 2. The average molecular weight is 549 g/mol. The summed E-state index contributed by atoms with van der Waals surface area (Å²) >= 11 is 0. The fourth-order valence-corrected chi connectivity index (χ4v) is 5.14. The molecule has 8 heteroatoms. The molecule has 0 saturated heterocycles. The highest BCUT2D eigenvalue weighted by molar-refractivity contribution is 5.95. The maximum atomic E-state index is 13.5. The van der Waals surface area contributed by atoms with Gasteiger partial charge >= 0.3 is 0 Å². The van der Waals surface area contributed by atoms with Crippen LogP contribution in [-0.4, -0.2) is 38.6 Å². The number of H-pyrrole nitrogens is 1. The predicted octanol–water partition coefficient (Wildman–Crippen LogP) is 6.20. The lowest BCUT2D eigenvalue weighted by Crippen LogP contribution is -2.29. The summed E-state index contributed by atoms with van der Waals surface area (Å²) in [6.07, 6.45) is 5.55. The minimum absolute atomic E-state index is 0.0448. The standard InChI is InChI=1S/C33H36N6O2/c1-22-18-23(2)39(38-22)28-13-9-12-27(20-28)33(41)37-29(14-5-4-6-15-31(40)34-3)32-35-21-30(36-32)26-17-16-24-10-7-8-11-25(24)19-26/h7-13,16-21,29H,4-6,14-15H2,1-3H3,(H,34,40)(H,35,36)(H,37,41). The third-order valence-corrected chi connectivity index (χ3v) is 7.33. The van der Waals surface area contributed by atoms with Crippen molar-refractivity contribution in [1.29, 1.82) is 0 Å². The number of fused-ring (bicyclic) bond motifs is 1. The fraction of sp³-hybridized carbons (Fsp3) is 0.273. The van der Waals surface area contributed by atoms with Crippen LogP contribution in [0.2, 0.25) is 0 Å². The number of hydrogen-bond donors (Lipinski definition) is 3. The van der Waals surface area contributed by atoms with Gasteiger partial charge in [-0.05, 0) is 67.8 Å². The van der Waals surface area contributed by atoms with E-state index in [9.17, 15) is 9.59 Å². The molecule has 210 valence electrons. The first kappa shape index (κ1) is 27.8. The molecule has 8 nitrogen and oxygen atoms in total. The zero-order valence-electron chi connectivity index (χ0n) is 23.8. The van der Waals surface area contributed by atoms with E-state index in [1.807, 2.05) is 67.2 Å². The van der Waals surface area contributed by atoms with E-state index in [2.05, 4.69) is 51.0 Å². The molecule has 5 rings (SSSR count). The predicted molar refractivity (Wildman–Crippen MR) is 162 cm³/mol. The van der Waals surface area contributed by atoms with Crippen LogP contribution in [-0.2, 0) is 4.79 Å². The van der Waals surface area contributed by atoms with Gasteiger partial charge in [-0.2, -0.15) is 5.10 Å². The Morgan fingerprint density at radius 3 is 2.54 bits per heavy atom. The van der Waals surface area contributed by atoms with Gasteiger partial charge in [-0.25, -0.2) is 9.67 Å². The second-order valence-electron chi connectivity index (χ2n) is 10.4. The molecule has 0 spiro atoms. The second-order valence-corrected chi connectivity index (χ2v) is 10.4. The number of carbonyl (C=O) groups is 2. The third-order valence-electron chi connectivity index (χ3n) is 7.33. The number of aryl methyl sites for hydroxylation is 2. The topological polar surface area (TPSA) is 105 Å². The van der Waals surface area contributed by atoms with Crippen LogP contribution < -0.4 is 10.6 Å². The monoisotopic (exact) mass is 548 g/mol.